The third-order valence-corrected chi connectivity index (χ3v) is 14.4. The zero-order chi connectivity index (χ0) is 51.5. The van der Waals surface area contributed by atoms with E-state index >= 15 is 0 Å². The van der Waals surface area contributed by atoms with Gasteiger partial charge in [-0.1, -0.05) is 180 Å². The number of aryl methyl sites for hydroxylation is 2. The second kappa shape index (κ2) is 20.4. The molecule has 10 rings (SSSR count). The van der Waals surface area contributed by atoms with Gasteiger partial charge in [0.25, 0.3) is 0 Å². The molecule has 0 radical (unpaired) electrons. The Balaban J connectivity index is 0.00000672. The fraction of sp³-hybridized carbons (Fsp3) is 0.294. The van der Waals surface area contributed by atoms with E-state index in [1.54, 1.807) is 0 Å². The molecule has 1 aliphatic rings. The first-order valence-corrected chi connectivity index (χ1v) is 26.2. The summed E-state index contributed by atoms with van der Waals surface area (Å²) in [6, 6.07) is 62.1. The van der Waals surface area contributed by atoms with Crippen LogP contribution in [0.1, 0.15) is 118 Å². The van der Waals surface area contributed by atoms with Crippen LogP contribution in [0.4, 0.5) is 22.7 Å². The number of hydrogen-bond acceptors (Lipinski definition) is 4. The number of fused-ring (bicyclic) bond motifs is 4. The molecule has 0 amide bonds. The number of benzene rings is 7. The van der Waals surface area contributed by atoms with Crippen molar-refractivity contribution in [3.8, 4) is 39.6 Å². The predicted molar refractivity (Wildman–Crippen MR) is 308 cm³/mol. The SMILES string of the molecule is CC(C)(C)CCc1cc2c3ccc(Oc4[c-]c(N5[CH-]N(c6c(-c7ccccc7)cccc6-c6ccccc6C(C)(C)C)c6ccccc65)ccc4)[c-]c3n(-c3cc(C(C)(C)C)ccn3)c2cc1CCC(C)(C)C.[Pt]. The minimum absolute atomic E-state index is 0. The van der Waals surface area contributed by atoms with E-state index in [1.807, 2.05) is 12.3 Å². The third-order valence-electron chi connectivity index (χ3n) is 14.4. The molecule has 0 spiro atoms. The van der Waals surface area contributed by atoms with Crippen LogP contribution in [0.3, 0.4) is 0 Å². The molecule has 2 aromatic heterocycles. The number of anilines is 4. The molecule has 6 heteroatoms. The van der Waals surface area contributed by atoms with Crippen molar-refractivity contribution >= 4 is 44.6 Å². The summed E-state index contributed by atoms with van der Waals surface area (Å²) in [6.45, 7) is 29.9. The molecule has 7 aromatic carbocycles. The number of rotatable bonds is 11. The van der Waals surface area contributed by atoms with Gasteiger partial charge in [0.05, 0.1) is 0 Å². The van der Waals surface area contributed by atoms with Crippen LogP contribution in [0.5, 0.6) is 11.5 Å². The van der Waals surface area contributed by atoms with Gasteiger partial charge in [-0.3, -0.25) is 0 Å². The topological polar surface area (TPSA) is 33.5 Å². The number of ether oxygens (including phenoxy) is 1. The van der Waals surface area contributed by atoms with Gasteiger partial charge < -0.3 is 19.1 Å². The minimum atomic E-state index is -0.0671. The van der Waals surface area contributed by atoms with Gasteiger partial charge in [0.15, 0.2) is 0 Å². The summed E-state index contributed by atoms with van der Waals surface area (Å²) >= 11 is 0. The molecule has 5 nitrogen and oxygen atoms in total. The number of nitrogens with zero attached hydrogens (tertiary/aromatic N) is 4. The zero-order valence-electron chi connectivity index (χ0n) is 45.4. The summed E-state index contributed by atoms with van der Waals surface area (Å²) in [7, 11) is 0. The fourth-order valence-electron chi connectivity index (χ4n) is 10.3. The molecule has 0 unspecified atom stereocenters. The Morgan fingerprint density at radius 3 is 1.82 bits per heavy atom. The molecule has 9 aromatic rings. The number of aromatic nitrogens is 2. The van der Waals surface area contributed by atoms with E-state index in [0.717, 1.165) is 81.8 Å². The van der Waals surface area contributed by atoms with Crippen LogP contribution in [0, 0.1) is 29.6 Å². The molecule has 1 aliphatic heterocycles. The Morgan fingerprint density at radius 1 is 0.527 bits per heavy atom. The summed E-state index contributed by atoms with van der Waals surface area (Å²) in [4.78, 5) is 9.65. The molecular weight excluding hydrogens is 1080 g/mol. The summed E-state index contributed by atoms with van der Waals surface area (Å²) in [5.41, 5.74) is 16.6. The van der Waals surface area contributed by atoms with E-state index in [1.165, 1.54) is 38.8 Å². The molecule has 0 atom stereocenters. The van der Waals surface area contributed by atoms with Crippen LogP contribution >= 0.6 is 0 Å². The van der Waals surface area contributed by atoms with E-state index < -0.39 is 0 Å². The van der Waals surface area contributed by atoms with Gasteiger partial charge >= 0.3 is 0 Å². The maximum atomic E-state index is 6.85. The Bertz CT molecular complexity index is 3470. The van der Waals surface area contributed by atoms with Crippen LogP contribution in [0.25, 0.3) is 49.9 Å². The number of hydrogen-bond donors (Lipinski definition) is 0. The standard InChI is InChI=1S/C68H71N4O.Pt/c1-65(2,3)37-34-47-40-57-55-33-32-52(44-62(55)72(61(57)41-48(47)35-38-66(4,5)6)63-42-49(36-39-69-63)67(7,8)9)73-51-25-20-24-50(43-51)70-45-71(60-31-19-18-30-59(60)70)64-53(46-22-14-13-15-23-46)27-21-28-56(64)54-26-16-17-29-58(54)68(10,11)12;/h13-33,36,39-42,45H,34-35,37-38H2,1-12H3;/q-3;. The van der Waals surface area contributed by atoms with E-state index in [0.29, 0.717) is 11.5 Å². The largest absolute Gasteiger partial charge is 0.509 e. The van der Waals surface area contributed by atoms with Crippen molar-refractivity contribution in [1.29, 1.82) is 0 Å². The van der Waals surface area contributed by atoms with E-state index in [4.69, 9.17) is 9.72 Å². The Labute approximate surface area is 455 Å². The monoisotopic (exact) mass is 1150 g/mol. The van der Waals surface area contributed by atoms with Crippen LogP contribution in [0.15, 0.2) is 158 Å². The fourth-order valence-corrected chi connectivity index (χ4v) is 10.3. The molecule has 0 N–H and O–H groups in total. The quantitative estimate of drug-likeness (QED) is 0.121. The van der Waals surface area contributed by atoms with E-state index in [9.17, 15) is 0 Å². The van der Waals surface area contributed by atoms with Gasteiger partial charge in [-0.15, -0.1) is 48.1 Å². The average Bonchev–Trinajstić information content (AvgIpc) is 3.89. The van der Waals surface area contributed by atoms with Gasteiger partial charge in [0.2, 0.25) is 0 Å². The zero-order valence-corrected chi connectivity index (χ0v) is 47.7. The second-order valence-corrected chi connectivity index (χ2v) is 24.5. The Hall–Kier alpha value is -6.42. The summed E-state index contributed by atoms with van der Waals surface area (Å²) in [5, 5.41) is 2.34. The van der Waals surface area contributed by atoms with Crippen molar-refractivity contribution < 1.29 is 25.8 Å². The minimum Gasteiger partial charge on any atom is -0.509 e. The molecule has 74 heavy (non-hydrogen) atoms. The Kier molecular flexibility index (Phi) is 14.4. The van der Waals surface area contributed by atoms with Crippen LogP contribution in [-0.4, -0.2) is 9.55 Å². The summed E-state index contributed by atoms with van der Waals surface area (Å²) in [6.07, 6.45) is 6.21. The van der Waals surface area contributed by atoms with Gasteiger partial charge in [0, 0.05) is 72.5 Å². The Morgan fingerprint density at radius 2 is 1.14 bits per heavy atom. The molecule has 0 aliphatic carbocycles. The van der Waals surface area contributed by atoms with Crippen molar-refractivity contribution in [2.45, 2.75) is 120 Å². The average molecular weight is 1160 g/mol. The maximum Gasteiger partial charge on any atom is 0.135 e. The van der Waals surface area contributed by atoms with Crippen molar-refractivity contribution in [2.75, 3.05) is 9.80 Å². The summed E-state index contributed by atoms with van der Waals surface area (Å²) in [5.74, 6) is 2.10. The van der Waals surface area contributed by atoms with E-state index in [2.05, 4.69) is 262 Å². The van der Waals surface area contributed by atoms with Gasteiger partial charge in [-0.05, 0) is 116 Å². The first-order valence-electron chi connectivity index (χ1n) is 26.2. The van der Waals surface area contributed by atoms with Crippen LogP contribution < -0.4 is 14.5 Å². The van der Waals surface area contributed by atoms with Crippen molar-refractivity contribution in [1.82, 2.24) is 9.55 Å². The van der Waals surface area contributed by atoms with Gasteiger partial charge in [0.1, 0.15) is 5.82 Å². The molecule has 0 saturated carbocycles. The predicted octanol–water partition coefficient (Wildman–Crippen LogP) is 18.9. The molecule has 0 fully saturated rings. The van der Waals surface area contributed by atoms with Crippen LogP contribution in [-0.2, 0) is 44.7 Å². The molecule has 382 valence electrons. The normalized spacial score (nSPS) is 13.1. The second-order valence-electron chi connectivity index (χ2n) is 24.5. The molecule has 3 heterocycles. The molecular formula is C68H71N4OPt-3. The smallest absolute Gasteiger partial charge is 0.135 e. The van der Waals surface area contributed by atoms with E-state index in [-0.39, 0.29) is 42.7 Å². The van der Waals surface area contributed by atoms with Crippen LogP contribution in [0.2, 0.25) is 0 Å². The van der Waals surface area contributed by atoms with Crippen molar-refractivity contribution in [3.05, 3.63) is 199 Å². The first-order chi connectivity index (χ1) is 34.7. The molecule has 0 saturated heterocycles. The first kappa shape index (κ1) is 52.4. The number of para-hydroxylation sites is 3. The molecule has 0 bridgehead atoms. The van der Waals surface area contributed by atoms with Gasteiger partial charge in [-0.2, -0.15) is 12.1 Å². The summed E-state index contributed by atoms with van der Waals surface area (Å²) < 4.78 is 9.16. The van der Waals surface area contributed by atoms with Gasteiger partial charge in [-0.25, -0.2) is 4.98 Å². The maximum absolute atomic E-state index is 6.85. The third kappa shape index (κ3) is 10.9. The van der Waals surface area contributed by atoms with Crippen molar-refractivity contribution in [3.63, 3.8) is 0 Å². The van der Waals surface area contributed by atoms with Crippen molar-refractivity contribution in [2.24, 2.45) is 10.8 Å². The number of pyridine rings is 1.